The lowest BCUT2D eigenvalue weighted by Gasteiger charge is -2.04. The molecule has 0 radical (unpaired) electrons. The van der Waals surface area contributed by atoms with Crippen LogP contribution >= 0.6 is 38.9 Å². The maximum atomic E-state index is 12.0. The van der Waals surface area contributed by atoms with Gasteiger partial charge in [0, 0.05) is 15.1 Å². The molecule has 0 saturated carbocycles. The summed E-state index contributed by atoms with van der Waals surface area (Å²) in [6, 6.07) is 8.61. The lowest BCUT2D eigenvalue weighted by atomic mass is 10.2. The summed E-state index contributed by atoms with van der Waals surface area (Å²) in [5.74, 6) is -0.294. The molecular formula is C12H6BrClN2OS. The lowest BCUT2D eigenvalue weighted by Crippen LogP contribution is -2.11. The van der Waals surface area contributed by atoms with E-state index in [1.807, 2.05) is 6.07 Å². The van der Waals surface area contributed by atoms with Gasteiger partial charge >= 0.3 is 0 Å². The quantitative estimate of drug-likeness (QED) is 0.886. The summed E-state index contributed by atoms with van der Waals surface area (Å²) in [5, 5.41) is 14.3. The standard InChI is InChI=1S/C12H6BrClN2OS/c13-9-3-8(4-10(14)5-9)11(17)16-12-7(6-15)1-2-18-12/h1-5H,(H,16,17). The zero-order valence-corrected chi connectivity index (χ0v) is 12.1. The Kier molecular flexibility index (Phi) is 4.02. The van der Waals surface area contributed by atoms with Gasteiger partial charge in [-0.2, -0.15) is 5.26 Å². The number of thiophene rings is 1. The van der Waals surface area contributed by atoms with E-state index < -0.39 is 0 Å². The Hall–Kier alpha value is -1.35. The SMILES string of the molecule is N#Cc1ccsc1NC(=O)c1cc(Cl)cc(Br)c1. The maximum Gasteiger partial charge on any atom is 0.256 e. The van der Waals surface area contributed by atoms with E-state index >= 15 is 0 Å². The molecule has 0 aliphatic rings. The van der Waals surface area contributed by atoms with Crippen molar-refractivity contribution in [3.05, 3.63) is 50.3 Å². The third-order valence-corrected chi connectivity index (χ3v) is 3.64. The zero-order chi connectivity index (χ0) is 13.1. The Morgan fingerprint density at radius 2 is 2.22 bits per heavy atom. The first-order valence-electron chi connectivity index (χ1n) is 4.85. The molecule has 0 aliphatic carbocycles. The van der Waals surface area contributed by atoms with Gasteiger partial charge in [-0.25, -0.2) is 0 Å². The number of hydrogen-bond donors (Lipinski definition) is 1. The van der Waals surface area contributed by atoms with E-state index in [-0.39, 0.29) is 5.91 Å². The Labute approximate surface area is 121 Å². The van der Waals surface area contributed by atoms with Gasteiger partial charge in [0.25, 0.3) is 5.91 Å². The van der Waals surface area contributed by atoms with Crippen LogP contribution in [0.25, 0.3) is 0 Å². The highest BCUT2D eigenvalue weighted by molar-refractivity contribution is 9.10. The molecule has 3 nitrogen and oxygen atoms in total. The largest absolute Gasteiger partial charge is 0.312 e. The van der Waals surface area contributed by atoms with Gasteiger partial charge in [-0.1, -0.05) is 27.5 Å². The monoisotopic (exact) mass is 340 g/mol. The highest BCUT2D eigenvalue weighted by Gasteiger charge is 2.11. The molecule has 0 atom stereocenters. The average Bonchev–Trinajstić information content (AvgIpc) is 2.75. The van der Waals surface area contributed by atoms with Gasteiger partial charge in [0.2, 0.25) is 0 Å². The Bertz CT molecular complexity index is 628. The van der Waals surface area contributed by atoms with Crippen LogP contribution in [0, 0.1) is 11.3 Å². The van der Waals surface area contributed by atoms with E-state index in [0.29, 0.717) is 21.2 Å². The first-order valence-corrected chi connectivity index (χ1v) is 6.90. The third kappa shape index (κ3) is 2.91. The fraction of sp³-hybridized carbons (Fsp3) is 0. The predicted octanol–water partition coefficient (Wildman–Crippen LogP) is 4.29. The minimum Gasteiger partial charge on any atom is -0.312 e. The van der Waals surface area contributed by atoms with E-state index in [0.717, 1.165) is 4.47 Å². The summed E-state index contributed by atoms with van der Waals surface area (Å²) in [7, 11) is 0. The second-order valence-corrected chi connectivity index (χ2v) is 5.66. The smallest absolute Gasteiger partial charge is 0.256 e. The molecule has 1 heterocycles. The fourth-order valence-corrected chi connectivity index (χ4v) is 2.95. The number of hydrogen-bond acceptors (Lipinski definition) is 3. The number of rotatable bonds is 2. The van der Waals surface area contributed by atoms with Crippen molar-refractivity contribution in [1.82, 2.24) is 0 Å². The van der Waals surface area contributed by atoms with Crippen molar-refractivity contribution in [2.75, 3.05) is 5.32 Å². The molecule has 1 N–H and O–H groups in total. The first-order chi connectivity index (χ1) is 8.60. The predicted molar refractivity (Wildman–Crippen MR) is 76.1 cm³/mol. The molecule has 1 aromatic carbocycles. The van der Waals surface area contributed by atoms with Crippen molar-refractivity contribution >= 4 is 49.8 Å². The van der Waals surface area contributed by atoms with Crippen LogP contribution < -0.4 is 5.32 Å². The second-order valence-electron chi connectivity index (χ2n) is 3.39. The third-order valence-electron chi connectivity index (χ3n) is 2.14. The number of halogens is 2. The van der Waals surface area contributed by atoms with Crippen LogP contribution in [0.2, 0.25) is 5.02 Å². The highest BCUT2D eigenvalue weighted by atomic mass is 79.9. The van der Waals surface area contributed by atoms with E-state index in [9.17, 15) is 4.79 Å². The number of nitriles is 1. The maximum absolute atomic E-state index is 12.0. The minimum atomic E-state index is -0.294. The number of benzene rings is 1. The Morgan fingerprint density at radius 3 is 2.89 bits per heavy atom. The highest BCUT2D eigenvalue weighted by Crippen LogP contribution is 2.24. The van der Waals surface area contributed by atoms with Crippen molar-refractivity contribution < 1.29 is 4.79 Å². The molecule has 2 aromatic rings. The van der Waals surface area contributed by atoms with Gasteiger partial charge in [-0.15, -0.1) is 11.3 Å². The molecule has 0 fully saturated rings. The number of nitrogens with zero attached hydrogens (tertiary/aromatic N) is 1. The van der Waals surface area contributed by atoms with Gasteiger partial charge in [-0.3, -0.25) is 4.79 Å². The lowest BCUT2D eigenvalue weighted by molar-refractivity contribution is 0.102. The molecule has 0 spiro atoms. The molecule has 0 aliphatic heterocycles. The van der Waals surface area contributed by atoms with Crippen LogP contribution in [0.5, 0.6) is 0 Å². The van der Waals surface area contributed by atoms with Crippen molar-refractivity contribution in [3.8, 4) is 6.07 Å². The Morgan fingerprint density at radius 1 is 1.44 bits per heavy atom. The van der Waals surface area contributed by atoms with Crippen LogP contribution in [0.1, 0.15) is 15.9 Å². The van der Waals surface area contributed by atoms with Gasteiger partial charge in [-0.05, 0) is 29.6 Å². The second kappa shape index (κ2) is 5.53. The number of nitrogens with one attached hydrogen (secondary N) is 1. The molecule has 1 amide bonds. The molecule has 18 heavy (non-hydrogen) atoms. The molecule has 0 saturated heterocycles. The fourth-order valence-electron chi connectivity index (χ4n) is 1.35. The molecule has 0 unspecified atom stereocenters. The van der Waals surface area contributed by atoms with Crippen molar-refractivity contribution in [2.24, 2.45) is 0 Å². The molecule has 90 valence electrons. The number of carbonyl (C=O) groups excluding carboxylic acids is 1. The van der Waals surface area contributed by atoms with Crippen LogP contribution in [0.15, 0.2) is 34.1 Å². The number of anilines is 1. The van der Waals surface area contributed by atoms with Gasteiger partial charge in [0.15, 0.2) is 0 Å². The normalized spacial score (nSPS) is 9.83. The van der Waals surface area contributed by atoms with Gasteiger partial charge in [0.05, 0.1) is 5.56 Å². The molecule has 2 rings (SSSR count). The van der Waals surface area contributed by atoms with Crippen LogP contribution in [0.3, 0.4) is 0 Å². The molecule has 1 aromatic heterocycles. The van der Waals surface area contributed by atoms with E-state index in [1.165, 1.54) is 11.3 Å². The van der Waals surface area contributed by atoms with Crippen LogP contribution in [-0.4, -0.2) is 5.91 Å². The summed E-state index contributed by atoms with van der Waals surface area (Å²) >= 11 is 10.5. The van der Waals surface area contributed by atoms with E-state index in [2.05, 4.69) is 21.2 Å². The van der Waals surface area contributed by atoms with E-state index in [4.69, 9.17) is 16.9 Å². The van der Waals surface area contributed by atoms with Crippen LogP contribution in [-0.2, 0) is 0 Å². The summed E-state index contributed by atoms with van der Waals surface area (Å²) < 4.78 is 0.729. The van der Waals surface area contributed by atoms with Crippen molar-refractivity contribution in [2.45, 2.75) is 0 Å². The first kappa shape index (κ1) is 13.1. The van der Waals surface area contributed by atoms with Crippen molar-refractivity contribution in [1.29, 1.82) is 5.26 Å². The molecule has 6 heteroatoms. The van der Waals surface area contributed by atoms with Gasteiger partial charge < -0.3 is 5.32 Å². The van der Waals surface area contributed by atoms with Gasteiger partial charge in [0.1, 0.15) is 11.1 Å². The minimum absolute atomic E-state index is 0.294. The van der Waals surface area contributed by atoms with Crippen LogP contribution in [0.4, 0.5) is 5.00 Å². The summed E-state index contributed by atoms with van der Waals surface area (Å²) in [5.41, 5.74) is 0.890. The zero-order valence-electron chi connectivity index (χ0n) is 8.91. The summed E-state index contributed by atoms with van der Waals surface area (Å²) in [4.78, 5) is 12.0. The van der Waals surface area contributed by atoms with E-state index in [1.54, 1.807) is 29.6 Å². The van der Waals surface area contributed by atoms with Crippen molar-refractivity contribution in [3.63, 3.8) is 0 Å². The average molecular weight is 342 g/mol. The summed E-state index contributed by atoms with van der Waals surface area (Å²) in [6.45, 7) is 0. The number of amides is 1. The Balaban J connectivity index is 2.25. The number of carbonyl (C=O) groups is 1. The topological polar surface area (TPSA) is 52.9 Å². The molecule has 0 bridgehead atoms. The molecular weight excluding hydrogens is 336 g/mol. The summed E-state index contributed by atoms with van der Waals surface area (Å²) in [6.07, 6.45) is 0.